The van der Waals surface area contributed by atoms with Gasteiger partial charge in [-0.15, -0.1) is 0 Å². The fourth-order valence-electron chi connectivity index (χ4n) is 2.93. The Morgan fingerprint density at radius 3 is 2.62 bits per heavy atom. The van der Waals surface area contributed by atoms with Crippen LogP contribution in [0.5, 0.6) is 5.75 Å². The topological polar surface area (TPSA) is 88.8 Å². The van der Waals surface area contributed by atoms with Crippen molar-refractivity contribution in [2.45, 2.75) is 13.3 Å². The molecule has 0 saturated heterocycles. The number of hydrogen-bond acceptors (Lipinski definition) is 5. The van der Waals surface area contributed by atoms with Crippen molar-refractivity contribution in [2.24, 2.45) is 0 Å². The van der Waals surface area contributed by atoms with E-state index in [-0.39, 0.29) is 18.4 Å². The average Bonchev–Trinajstić information content (AvgIpc) is 2.70. The Balaban J connectivity index is 1.67. The van der Waals surface area contributed by atoms with Crippen LogP contribution < -0.4 is 15.7 Å². The van der Waals surface area contributed by atoms with Crippen molar-refractivity contribution in [2.75, 3.05) is 26.0 Å². The van der Waals surface area contributed by atoms with Gasteiger partial charge in [-0.2, -0.15) is 0 Å². The van der Waals surface area contributed by atoms with E-state index in [0.717, 1.165) is 10.9 Å². The minimum Gasteiger partial charge on any atom is -0.484 e. The first-order chi connectivity index (χ1) is 13.9. The van der Waals surface area contributed by atoms with Crippen LogP contribution in [-0.2, 0) is 11.2 Å². The standard InChI is InChI=1S/C22H22N2O5/c1-4-14-11-21(26)29-19-12-17(8-9-18(14)19)28-13-20(25)23-16-7-5-6-15(10-16)22(27)24(2)3/h5-12H,4,13H2,1-3H3,(H,23,25). The first-order valence-corrected chi connectivity index (χ1v) is 9.18. The van der Waals surface area contributed by atoms with Crippen LogP contribution in [0.3, 0.4) is 0 Å². The number of fused-ring (bicyclic) bond motifs is 1. The maximum atomic E-state index is 12.2. The highest BCUT2D eigenvalue weighted by molar-refractivity contribution is 5.97. The lowest BCUT2D eigenvalue weighted by atomic mass is 10.1. The van der Waals surface area contributed by atoms with E-state index in [0.29, 0.717) is 29.0 Å². The summed E-state index contributed by atoms with van der Waals surface area (Å²) in [5.74, 6) is -0.106. The number of carbonyl (C=O) groups excluding carboxylic acids is 2. The van der Waals surface area contributed by atoms with Crippen LogP contribution in [0.4, 0.5) is 5.69 Å². The van der Waals surface area contributed by atoms with E-state index in [1.165, 1.54) is 11.0 Å². The highest BCUT2D eigenvalue weighted by Crippen LogP contribution is 2.23. The van der Waals surface area contributed by atoms with E-state index >= 15 is 0 Å². The third kappa shape index (κ3) is 4.82. The van der Waals surface area contributed by atoms with Gasteiger partial charge in [0.2, 0.25) is 0 Å². The maximum Gasteiger partial charge on any atom is 0.336 e. The van der Waals surface area contributed by atoms with Crippen LogP contribution in [0.1, 0.15) is 22.8 Å². The van der Waals surface area contributed by atoms with Gasteiger partial charge in [0.15, 0.2) is 6.61 Å². The van der Waals surface area contributed by atoms with Gasteiger partial charge in [-0.1, -0.05) is 13.0 Å². The minimum atomic E-state index is -0.420. The molecule has 0 radical (unpaired) electrons. The molecule has 0 saturated carbocycles. The van der Waals surface area contributed by atoms with Crippen molar-refractivity contribution in [3.05, 3.63) is 70.1 Å². The number of benzene rings is 2. The van der Waals surface area contributed by atoms with E-state index in [1.54, 1.807) is 56.6 Å². The van der Waals surface area contributed by atoms with Crippen molar-refractivity contribution >= 4 is 28.5 Å². The molecule has 1 aromatic heterocycles. The van der Waals surface area contributed by atoms with Crippen molar-refractivity contribution < 1.29 is 18.7 Å². The smallest absolute Gasteiger partial charge is 0.336 e. The molecule has 0 aliphatic carbocycles. The number of hydrogen-bond donors (Lipinski definition) is 1. The average molecular weight is 394 g/mol. The molecule has 2 aromatic carbocycles. The van der Waals surface area contributed by atoms with Crippen molar-refractivity contribution in [1.82, 2.24) is 4.90 Å². The Kier molecular flexibility index (Phi) is 5.97. The van der Waals surface area contributed by atoms with Gasteiger partial charge in [0.25, 0.3) is 11.8 Å². The molecule has 0 spiro atoms. The van der Waals surface area contributed by atoms with Crippen LogP contribution in [0.25, 0.3) is 11.0 Å². The molecule has 7 nitrogen and oxygen atoms in total. The van der Waals surface area contributed by atoms with E-state index in [9.17, 15) is 14.4 Å². The van der Waals surface area contributed by atoms with Crippen molar-refractivity contribution in [1.29, 1.82) is 0 Å². The van der Waals surface area contributed by atoms with E-state index < -0.39 is 5.63 Å². The molecule has 0 unspecified atom stereocenters. The lowest BCUT2D eigenvalue weighted by molar-refractivity contribution is -0.118. The molecular weight excluding hydrogens is 372 g/mol. The van der Waals surface area contributed by atoms with Crippen LogP contribution in [0, 0.1) is 0 Å². The van der Waals surface area contributed by atoms with Crippen LogP contribution in [-0.4, -0.2) is 37.4 Å². The summed E-state index contributed by atoms with van der Waals surface area (Å²) in [5, 5.41) is 3.54. The Morgan fingerprint density at radius 2 is 1.90 bits per heavy atom. The summed E-state index contributed by atoms with van der Waals surface area (Å²) in [6.07, 6.45) is 0.708. The highest BCUT2D eigenvalue weighted by Gasteiger charge is 2.11. The summed E-state index contributed by atoms with van der Waals surface area (Å²) in [6, 6.07) is 13.3. The summed E-state index contributed by atoms with van der Waals surface area (Å²) in [7, 11) is 3.33. The first kappa shape index (κ1) is 20.1. The number of aryl methyl sites for hydroxylation is 1. The van der Waals surface area contributed by atoms with Gasteiger partial charge >= 0.3 is 5.63 Å². The molecule has 7 heteroatoms. The number of anilines is 1. The van der Waals surface area contributed by atoms with Gasteiger partial charge in [0.1, 0.15) is 11.3 Å². The molecule has 3 rings (SSSR count). The van der Waals surface area contributed by atoms with Crippen LogP contribution >= 0.6 is 0 Å². The summed E-state index contributed by atoms with van der Waals surface area (Å²) in [4.78, 5) is 37.4. The molecule has 1 heterocycles. The second-order valence-corrected chi connectivity index (χ2v) is 6.72. The molecule has 0 bridgehead atoms. The van der Waals surface area contributed by atoms with Gasteiger partial charge in [0.05, 0.1) is 0 Å². The number of amides is 2. The predicted octanol–water partition coefficient (Wildman–Crippen LogP) is 3.07. The Labute approximate surface area is 167 Å². The third-order valence-electron chi connectivity index (χ3n) is 4.35. The number of carbonyl (C=O) groups is 2. The highest BCUT2D eigenvalue weighted by atomic mass is 16.5. The Hall–Kier alpha value is -3.61. The number of nitrogens with zero attached hydrogens (tertiary/aromatic N) is 1. The molecular formula is C22H22N2O5. The molecule has 1 N–H and O–H groups in total. The fraction of sp³-hybridized carbons (Fsp3) is 0.227. The molecule has 3 aromatic rings. The Morgan fingerprint density at radius 1 is 1.10 bits per heavy atom. The molecule has 0 atom stereocenters. The van der Waals surface area contributed by atoms with Gasteiger partial charge in [-0.3, -0.25) is 9.59 Å². The van der Waals surface area contributed by atoms with Crippen molar-refractivity contribution in [3.8, 4) is 5.75 Å². The molecule has 2 amide bonds. The molecule has 150 valence electrons. The molecule has 0 aliphatic rings. The minimum absolute atomic E-state index is 0.151. The lowest BCUT2D eigenvalue weighted by Gasteiger charge is -2.12. The second-order valence-electron chi connectivity index (χ2n) is 6.72. The summed E-state index contributed by atoms with van der Waals surface area (Å²) >= 11 is 0. The van der Waals surface area contributed by atoms with Crippen molar-refractivity contribution in [3.63, 3.8) is 0 Å². The number of nitrogens with one attached hydrogen (secondary N) is 1. The number of rotatable bonds is 6. The lowest BCUT2D eigenvalue weighted by Crippen LogP contribution is -2.23. The number of ether oxygens (including phenoxy) is 1. The molecule has 0 aliphatic heterocycles. The zero-order valence-corrected chi connectivity index (χ0v) is 16.5. The largest absolute Gasteiger partial charge is 0.484 e. The van der Waals surface area contributed by atoms with Crippen LogP contribution in [0.15, 0.2) is 57.7 Å². The second kappa shape index (κ2) is 8.60. The summed E-state index contributed by atoms with van der Waals surface area (Å²) < 4.78 is 10.8. The normalized spacial score (nSPS) is 10.6. The zero-order valence-electron chi connectivity index (χ0n) is 16.5. The summed E-state index contributed by atoms with van der Waals surface area (Å²) in [5.41, 5.74) is 1.87. The maximum absolute atomic E-state index is 12.2. The van der Waals surface area contributed by atoms with E-state index in [2.05, 4.69) is 5.32 Å². The van der Waals surface area contributed by atoms with Gasteiger partial charge in [0, 0.05) is 42.9 Å². The van der Waals surface area contributed by atoms with E-state index in [1.807, 2.05) is 6.92 Å². The molecule has 29 heavy (non-hydrogen) atoms. The quantitative estimate of drug-likeness (QED) is 0.649. The van der Waals surface area contributed by atoms with Crippen LogP contribution in [0.2, 0.25) is 0 Å². The summed E-state index contributed by atoms with van der Waals surface area (Å²) in [6.45, 7) is 1.74. The van der Waals surface area contributed by atoms with Gasteiger partial charge < -0.3 is 19.4 Å². The molecule has 0 fully saturated rings. The first-order valence-electron chi connectivity index (χ1n) is 9.18. The SMILES string of the molecule is CCc1cc(=O)oc2cc(OCC(=O)Nc3cccc(C(=O)N(C)C)c3)ccc12. The van der Waals surface area contributed by atoms with E-state index in [4.69, 9.17) is 9.15 Å². The monoisotopic (exact) mass is 394 g/mol. The Bertz CT molecular complexity index is 1120. The predicted molar refractivity (Wildman–Crippen MR) is 110 cm³/mol. The fourth-order valence-corrected chi connectivity index (χ4v) is 2.93. The zero-order chi connectivity index (χ0) is 21.0. The van der Waals surface area contributed by atoms with Gasteiger partial charge in [-0.05, 0) is 42.3 Å². The van der Waals surface area contributed by atoms with Gasteiger partial charge in [-0.25, -0.2) is 4.79 Å². The third-order valence-corrected chi connectivity index (χ3v) is 4.35.